The number of carbonyl (C=O) groups excluding carboxylic acids is 1. The van der Waals surface area contributed by atoms with Crippen LogP contribution in [0.25, 0.3) is 11.3 Å². The molecule has 2 heterocycles. The molecule has 0 spiro atoms. The highest BCUT2D eigenvalue weighted by atomic mass is 16.5. The fraction of sp³-hybridized carbons (Fsp3) is 0.474. The molecular formula is C19H24N2O3. The Hall–Kier alpha value is -2.14. The number of hydrogen-bond donors (Lipinski definition) is 1. The number of rotatable bonds is 5. The van der Waals surface area contributed by atoms with E-state index in [-0.39, 0.29) is 5.97 Å². The Morgan fingerprint density at radius 1 is 1.42 bits per heavy atom. The van der Waals surface area contributed by atoms with E-state index in [0.29, 0.717) is 19.6 Å². The number of nitrogens with zero attached hydrogens (tertiary/aromatic N) is 1. The van der Waals surface area contributed by atoms with Gasteiger partial charge in [0.2, 0.25) is 0 Å². The summed E-state index contributed by atoms with van der Waals surface area (Å²) >= 11 is 0. The summed E-state index contributed by atoms with van der Waals surface area (Å²) in [6.45, 7) is 5.84. The van der Waals surface area contributed by atoms with E-state index in [1.165, 1.54) is 5.56 Å². The van der Waals surface area contributed by atoms with E-state index in [4.69, 9.17) is 9.26 Å². The highest BCUT2D eigenvalue weighted by Crippen LogP contribution is 2.33. The second-order valence-corrected chi connectivity index (χ2v) is 6.51. The molecule has 3 rings (SSSR count). The summed E-state index contributed by atoms with van der Waals surface area (Å²) in [6.07, 6.45) is 2.27. The molecule has 1 aliphatic rings. The van der Waals surface area contributed by atoms with Gasteiger partial charge in [0.1, 0.15) is 11.5 Å². The first-order valence-corrected chi connectivity index (χ1v) is 8.53. The van der Waals surface area contributed by atoms with Crippen molar-refractivity contribution < 1.29 is 14.1 Å². The van der Waals surface area contributed by atoms with Crippen LogP contribution in [0.3, 0.4) is 0 Å². The predicted molar refractivity (Wildman–Crippen MR) is 91.5 cm³/mol. The van der Waals surface area contributed by atoms with E-state index in [1.54, 1.807) is 0 Å². The molecule has 2 aromatic rings. The topological polar surface area (TPSA) is 64.4 Å². The number of piperidine rings is 1. The minimum atomic E-state index is -0.558. The molecule has 0 radical (unpaired) electrons. The van der Waals surface area contributed by atoms with Crippen LogP contribution in [-0.4, -0.2) is 30.8 Å². The lowest BCUT2D eigenvalue weighted by molar-refractivity contribution is -0.156. The van der Waals surface area contributed by atoms with Gasteiger partial charge in [0, 0.05) is 24.6 Å². The van der Waals surface area contributed by atoms with Gasteiger partial charge in [-0.1, -0.05) is 28.9 Å². The summed E-state index contributed by atoms with van der Waals surface area (Å²) in [5.74, 6) is 0.578. The number of esters is 1. The quantitative estimate of drug-likeness (QED) is 0.854. The lowest BCUT2D eigenvalue weighted by Gasteiger charge is -2.34. The van der Waals surface area contributed by atoms with Gasteiger partial charge in [0.25, 0.3) is 0 Å². The average Bonchev–Trinajstić information content (AvgIpc) is 3.04. The van der Waals surface area contributed by atoms with Gasteiger partial charge >= 0.3 is 5.97 Å². The zero-order valence-corrected chi connectivity index (χ0v) is 14.3. The summed E-state index contributed by atoms with van der Waals surface area (Å²) in [7, 11) is 0. The minimum Gasteiger partial charge on any atom is -0.466 e. The number of carbonyl (C=O) groups is 1. The largest absolute Gasteiger partial charge is 0.466 e. The van der Waals surface area contributed by atoms with E-state index in [1.807, 2.05) is 38.1 Å². The average molecular weight is 328 g/mol. The molecule has 1 atom stereocenters. The highest BCUT2D eigenvalue weighted by molar-refractivity contribution is 5.77. The van der Waals surface area contributed by atoms with E-state index in [2.05, 4.69) is 16.5 Å². The predicted octanol–water partition coefficient (Wildman–Crippen LogP) is 3.13. The molecule has 5 heteroatoms. The normalized spacial score (nSPS) is 20.8. The van der Waals surface area contributed by atoms with Crippen LogP contribution in [0.2, 0.25) is 0 Å². The molecular weight excluding hydrogens is 304 g/mol. The molecule has 0 saturated carbocycles. The van der Waals surface area contributed by atoms with Crippen molar-refractivity contribution in [2.24, 2.45) is 5.41 Å². The molecule has 1 saturated heterocycles. The SMILES string of the molecule is CCOC(=O)[C@]1(Cc2cc(-c3cccc(C)c3)no2)CCCNC1. The third-order valence-electron chi connectivity index (χ3n) is 4.57. The highest BCUT2D eigenvalue weighted by Gasteiger charge is 2.42. The molecule has 5 nitrogen and oxygen atoms in total. The monoisotopic (exact) mass is 328 g/mol. The fourth-order valence-electron chi connectivity index (χ4n) is 3.32. The minimum absolute atomic E-state index is 0.147. The van der Waals surface area contributed by atoms with Crippen molar-refractivity contribution in [2.45, 2.75) is 33.1 Å². The van der Waals surface area contributed by atoms with Crippen molar-refractivity contribution in [1.82, 2.24) is 10.5 Å². The van der Waals surface area contributed by atoms with E-state index >= 15 is 0 Å². The fourth-order valence-corrected chi connectivity index (χ4v) is 3.32. The summed E-state index contributed by atoms with van der Waals surface area (Å²) in [5, 5.41) is 7.50. The van der Waals surface area contributed by atoms with Gasteiger partial charge in [0.15, 0.2) is 0 Å². The molecule has 1 aliphatic heterocycles. The first-order chi connectivity index (χ1) is 11.6. The van der Waals surface area contributed by atoms with Crippen molar-refractivity contribution in [3.63, 3.8) is 0 Å². The van der Waals surface area contributed by atoms with Gasteiger partial charge in [-0.25, -0.2) is 0 Å². The molecule has 0 aliphatic carbocycles. The zero-order chi connectivity index (χ0) is 17.0. The van der Waals surface area contributed by atoms with Crippen molar-refractivity contribution in [2.75, 3.05) is 19.7 Å². The maximum absolute atomic E-state index is 12.5. The van der Waals surface area contributed by atoms with E-state index < -0.39 is 5.41 Å². The van der Waals surface area contributed by atoms with Crippen LogP contribution in [0.5, 0.6) is 0 Å². The zero-order valence-electron chi connectivity index (χ0n) is 14.3. The lowest BCUT2D eigenvalue weighted by Crippen LogP contribution is -2.47. The number of benzene rings is 1. The Bertz CT molecular complexity index is 702. The van der Waals surface area contributed by atoms with Crippen LogP contribution in [0.1, 0.15) is 31.1 Å². The van der Waals surface area contributed by atoms with Crippen LogP contribution < -0.4 is 5.32 Å². The number of nitrogens with one attached hydrogen (secondary N) is 1. The van der Waals surface area contributed by atoms with Crippen LogP contribution in [0.15, 0.2) is 34.9 Å². The van der Waals surface area contributed by atoms with Crippen LogP contribution in [0, 0.1) is 12.3 Å². The van der Waals surface area contributed by atoms with E-state index in [0.717, 1.165) is 36.4 Å². The molecule has 24 heavy (non-hydrogen) atoms. The number of hydrogen-bond acceptors (Lipinski definition) is 5. The molecule has 1 N–H and O–H groups in total. The first-order valence-electron chi connectivity index (χ1n) is 8.53. The molecule has 128 valence electrons. The third-order valence-corrected chi connectivity index (χ3v) is 4.57. The number of aryl methyl sites for hydroxylation is 1. The Kier molecular flexibility index (Phi) is 5.00. The third kappa shape index (κ3) is 3.51. The molecule has 1 fully saturated rings. The van der Waals surface area contributed by atoms with E-state index in [9.17, 15) is 4.79 Å². The molecule has 0 bridgehead atoms. The second-order valence-electron chi connectivity index (χ2n) is 6.51. The Labute approximate surface area is 142 Å². The summed E-state index contributed by atoms with van der Waals surface area (Å²) in [4.78, 5) is 12.5. The van der Waals surface area contributed by atoms with Crippen molar-refractivity contribution in [1.29, 1.82) is 0 Å². The van der Waals surface area contributed by atoms with Crippen LogP contribution >= 0.6 is 0 Å². The van der Waals surface area contributed by atoms with Crippen LogP contribution in [0.4, 0.5) is 0 Å². The van der Waals surface area contributed by atoms with Crippen LogP contribution in [-0.2, 0) is 16.0 Å². The molecule has 0 amide bonds. The van der Waals surface area contributed by atoms with Gasteiger partial charge in [-0.15, -0.1) is 0 Å². The van der Waals surface area contributed by atoms with Gasteiger partial charge in [-0.3, -0.25) is 4.79 Å². The van der Waals surface area contributed by atoms with Crippen molar-refractivity contribution in [3.8, 4) is 11.3 Å². The van der Waals surface area contributed by atoms with Gasteiger partial charge in [-0.2, -0.15) is 0 Å². The second kappa shape index (κ2) is 7.18. The summed E-state index contributed by atoms with van der Waals surface area (Å²) in [5.41, 5.74) is 2.45. The molecule has 1 aromatic carbocycles. The number of ether oxygens (including phenoxy) is 1. The summed E-state index contributed by atoms with van der Waals surface area (Å²) in [6, 6.07) is 10.1. The first kappa shape index (κ1) is 16.7. The van der Waals surface area contributed by atoms with Gasteiger partial charge in [-0.05, 0) is 39.3 Å². The lowest BCUT2D eigenvalue weighted by atomic mass is 9.77. The Balaban J connectivity index is 1.82. The Morgan fingerprint density at radius 2 is 2.29 bits per heavy atom. The maximum Gasteiger partial charge on any atom is 0.313 e. The number of aromatic nitrogens is 1. The molecule has 1 aromatic heterocycles. The van der Waals surface area contributed by atoms with Crippen molar-refractivity contribution in [3.05, 3.63) is 41.7 Å². The standard InChI is InChI=1S/C19H24N2O3/c1-3-23-18(22)19(8-5-9-20-13-19)12-16-11-17(21-24-16)15-7-4-6-14(2)10-15/h4,6-7,10-11,20H,3,5,8-9,12-13H2,1-2H3/t19-/m0/s1. The summed E-state index contributed by atoms with van der Waals surface area (Å²) < 4.78 is 10.9. The smallest absolute Gasteiger partial charge is 0.313 e. The van der Waals surface area contributed by atoms with Gasteiger partial charge in [0.05, 0.1) is 12.0 Å². The molecule has 0 unspecified atom stereocenters. The maximum atomic E-state index is 12.5. The Morgan fingerprint density at radius 3 is 3.00 bits per heavy atom. The van der Waals surface area contributed by atoms with Crippen molar-refractivity contribution >= 4 is 5.97 Å². The van der Waals surface area contributed by atoms with Gasteiger partial charge < -0.3 is 14.6 Å².